The van der Waals surface area contributed by atoms with Crippen LogP contribution in [0.2, 0.25) is 25.7 Å². The van der Waals surface area contributed by atoms with Crippen molar-refractivity contribution in [3.63, 3.8) is 0 Å². The maximum absolute atomic E-state index is 11.9. The van der Waals surface area contributed by atoms with Gasteiger partial charge in [0.25, 0.3) is 0 Å². The zero-order valence-electron chi connectivity index (χ0n) is 18.3. The fraction of sp³-hybridized carbons (Fsp3) is 0.522. The Labute approximate surface area is 176 Å². The molecule has 29 heavy (non-hydrogen) atoms. The van der Waals surface area contributed by atoms with E-state index in [1.807, 2.05) is 49.4 Å². The van der Waals surface area contributed by atoms with Crippen molar-refractivity contribution in [3.8, 4) is 0 Å². The van der Waals surface area contributed by atoms with Crippen LogP contribution in [0, 0.1) is 0 Å². The molecular formula is C23H36O5Si. The summed E-state index contributed by atoms with van der Waals surface area (Å²) in [6.45, 7) is 14.0. The van der Waals surface area contributed by atoms with Crippen LogP contribution in [-0.2, 0) is 30.3 Å². The Morgan fingerprint density at radius 1 is 1.17 bits per heavy atom. The number of benzene rings is 1. The summed E-state index contributed by atoms with van der Waals surface area (Å²) in [4.78, 5) is 11.9. The van der Waals surface area contributed by atoms with E-state index in [0.29, 0.717) is 13.0 Å². The Bertz CT molecular complexity index is 609. The maximum Gasteiger partial charge on any atom is 0.332 e. The highest BCUT2D eigenvalue weighted by atomic mass is 28.3. The summed E-state index contributed by atoms with van der Waals surface area (Å²) < 4.78 is 21.9. The quantitative estimate of drug-likeness (QED) is 0.132. The predicted molar refractivity (Wildman–Crippen MR) is 119 cm³/mol. The van der Waals surface area contributed by atoms with Gasteiger partial charge in [0, 0.05) is 21.1 Å². The number of rotatable bonds is 15. The minimum absolute atomic E-state index is 0.0720. The second-order valence-electron chi connectivity index (χ2n) is 8.11. The molecule has 162 valence electrons. The van der Waals surface area contributed by atoms with Gasteiger partial charge < -0.3 is 18.9 Å². The van der Waals surface area contributed by atoms with Crippen molar-refractivity contribution in [3.05, 3.63) is 60.7 Å². The van der Waals surface area contributed by atoms with Gasteiger partial charge >= 0.3 is 5.97 Å². The van der Waals surface area contributed by atoms with Crippen molar-refractivity contribution < 1.29 is 23.7 Å². The van der Waals surface area contributed by atoms with Crippen molar-refractivity contribution in [1.29, 1.82) is 0 Å². The molecule has 0 amide bonds. The Balaban J connectivity index is 2.18. The number of ether oxygens (including phenoxy) is 4. The van der Waals surface area contributed by atoms with Gasteiger partial charge in [-0.3, -0.25) is 0 Å². The molecule has 2 atom stereocenters. The van der Waals surface area contributed by atoms with E-state index in [9.17, 15) is 4.79 Å². The lowest BCUT2D eigenvalue weighted by Gasteiger charge is -2.16. The summed E-state index contributed by atoms with van der Waals surface area (Å²) in [6, 6.07) is 10.8. The van der Waals surface area contributed by atoms with Crippen LogP contribution < -0.4 is 0 Å². The van der Waals surface area contributed by atoms with Gasteiger partial charge in [-0.2, -0.15) is 0 Å². The first kappa shape index (κ1) is 25.3. The smallest absolute Gasteiger partial charge is 0.332 e. The molecule has 0 heterocycles. The van der Waals surface area contributed by atoms with E-state index in [2.05, 4.69) is 26.2 Å². The highest BCUT2D eigenvalue weighted by Crippen LogP contribution is 2.08. The molecular weight excluding hydrogens is 384 g/mol. The minimum Gasteiger partial charge on any atom is -0.456 e. The van der Waals surface area contributed by atoms with Crippen LogP contribution in [0.15, 0.2) is 55.1 Å². The summed E-state index contributed by atoms with van der Waals surface area (Å²) in [6.07, 6.45) is 5.55. The zero-order chi connectivity index (χ0) is 21.5. The molecule has 0 fully saturated rings. The van der Waals surface area contributed by atoms with Crippen LogP contribution in [0.25, 0.3) is 0 Å². The molecule has 0 unspecified atom stereocenters. The largest absolute Gasteiger partial charge is 0.456 e. The third kappa shape index (κ3) is 14.0. The van der Waals surface area contributed by atoms with Crippen LogP contribution >= 0.6 is 0 Å². The molecule has 0 spiro atoms. The molecule has 5 nitrogen and oxygen atoms in total. The summed E-state index contributed by atoms with van der Waals surface area (Å²) >= 11 is 0. The van der Waals surface area contributed by atoms with Crippen LogP contribution in [-0.4, -0.2) is 46.3 Å². The molecule has 0 bridgehead atoms. The maximum atomic E-state index is 11.9. The Morgan fingerprint density at radius 3 is 2.55 bits per heavy atom. The van der Waals surface area contributed by atoms with Crippen LogP contribution in [0.1, 0.15) is 18.9 Å². The molecule has 0 aliphatic heterocycles. The lowest BCUT2D eigenvalue weighted by atomic mass is 10.2. The van der Waals surface area contributed by atoms with Gasteiger partial charge in [-0.25, -0.2) is 4.79 Å². The molecule has 1 rings (SSSR count). The average molecular weight is 421 g/mol. The van der Waals surface area contributed by atoms with Crippen molar-refractivity contribution in [2.45, 2.75) is 57.8 Å². The lowest BCUT2D eigenvalue weighted by Crippen LogP contribution is -2.22. The fourth-order valence-corrected chi connectivity index (χ4v) is 3.03. The number of esters is 1. The van der Waals surface area contributed by atoms with Gasteiger partial charge in [-0.05, 0) is 18.5 Å². The third-order valence-corrected chi connectivity index (χ3v) is 5.77. The number of hydrogen-bond donors (Lipinski definition) is 0. The van der Waals surface area contributed by atoms with E-state index in [1.165, 1.54) is 0 Å². The van der Waals surface area contributed by atoms with Gasteiger partial charge in [0.1, 0.15) is 19.5 Å². The van der Waals surface area contributed by atoms with Crippen molar-refractivity contribution in [2.24, 2.45) is 0 Å². The zero-order valence-corrected chi connectivity index (χ0v) is 19.3. The van der Waals surface area contributed by atoms with Gasteiger partial charge in [0.15, 0.2) is 0 Å². The fourth-order valence-electron chi connectivity index (χ4n) is 2.27. The average Bonchev–Trinajstić information content (AvgIpc) is 2.67. The van der Waals surface area contributed by atoms with E-state index in [-0.39, 0.29) is 25.6 Å². The topological polar surface area (TPSA) is 54.0 Å². The second kappa shape index (κ2) is 14.3. The van der Waals surface area contributed by atoms with E-state index in [0.717, 1.165) is 18.2 Å². The highest BCUT2D eigenvalue weighted by Gasteiger charge is 2.12. The lowest BCUT2D eigenvalue weighted by molar-refractivity contribution is -0.152. The molecule has 0 saturated carbocycles. The molecule has 0 aliphatic carbocycles. The summed E-state index contributed by atoms with van der Waals surface area (Å²) in [5.41, 5.74) is 1.02. The molecule has 1 aromatic rings. The molecule has 0 radical (unpaired) electrons. The van der Waals surface area contributed by atoms with Crippen molar-refractivity contribution in [2.75, 3.05) is 20.0 Å². The van der Waals surface area contributed by atoms with Crippen LogP contribution in [0.4, 0.5) is 0 Å². The van der Waals surface area contributed by atoms with Crippen LogP contribution in [0.3, 0.4) is 0 Å². The summed E-state index contributed by atoms with van der Waals surface area (Å²) in [7, 11) is -1.07. The first-order valence-corrected chi connectivity index (χ1v) is 13.8. The predicted octanol–water partition coefficient (Wildman–Crippen LogP) is 4.96. The molecule has 0 aromatic heterocycles. The van der Waals surface area contributed by atoms with E-state index >= 15 is 0 Å². The standard InChI is InChI=1S/C23H36O5Si/c1-6-22(28-23(24)18-26-17-21-12-8-7-9-13-21)14-10-11-20(2)27-19-25-15-16-29(3,4)5/h6-13,20,22H,1,14-19H2,2-5H3/b11-10-/t20-,22+/m1/s1. The molecule has 6 heteroatoms. The van der Waals surface area contributed by atoms with Gasteiger partial charge in [-0.1, -0.05) is 74.8 Å². The van der Waals surface area contributed by atoms with Gasteiger partial charge in [0.2, 0.25) is 0 Å². The van der Waals surface area contributed by atoms with Gasteiger partial charge in [-0.15, -0.1) is 0 Å². The Morgan fingerprint density at radius 2 is 1.90 bits per heavy atom. The van der Waals surface area contributed by atoms with Crippen molar-refractivity contribution in [1.82, 2.24) is 0 Å². The van der Waals surface area contributed by atoms with Crippen LogP contribution in [0.5, 0.6) is 0 Å². The SMILES string of the molecule is C=C[C@@H](C/C=C\[C@@H](C)OCOCC[Si](C)(C)C)OC(=O)COCc1ccccc1. The Kier molecular flexibility index (Phi) is 12.5. The Hall–Kier alpha value is -1.73. The van der Waals surface area contributed by atoms with Crippen molar-refractivity contribution >= 4 is 14.0 Å². The van der Waals surface area contributed by atoms with E-state index < -0.39 is 14.0 Å². The molecule has 0 N–H and O–H groups in total. The number of carbonyl (C=O) groups is 1. The summed E-state index contributed by atoms with van der Waals surface area (Å²) in [5, 5.41) is 0. The molecule has 0 saturated heterocycles. The monoisotopic (exact) mass is 420 g/mol. The molecule has 0 aliphatic rings. The summed E-state index contributed by atoms with van der Waals surface area (Å²) in [5.74, 6) is -0.403. The normalized spacial score (nSPS) is 13.9. The highest BCUT2D eigenvalue weighted by molar-refractivity contribution is 6.76. The first-order valence-electron chi connectivity index (χ1n) is 10.1. The van der Waals surface area contributed by atoms with E-state index in [1.54, 1.807) is 6.08 Å². The minimum atomic E-state index is -1.07. The number of carbonyl (C=O) groups excluding carboxylic acids is 1. The second-order valence-corrected chi connectivity index (χ2v) is 13.7. The first-order chi connectivity index (χ1) is 13.8. The third-order valence-electron chi connectivity index (χ3n) is 4.06. The molecule has 1 aromatic carbocycles. The number of hydrogen-bond acceptors (Lipinski definition) is 5. The van der Waals surface area contributed by atoms with Gasteiger partial charge in [0.05, 0.1) is 12.7 Å². The van der Waals surface area contributed by atoms with E-state index in [4.69, 9.17) is 18.9 Å².